The summed E-state index contributed by atoms with van der Waals surface area (Å²) in [5.41, 5.74) is 9.27. The lowest BCUT2D eigenvalue weighted by Gasteiger charge is -2.09. The van der Waals surface area contributed by atoms with Crippen molar-refractivity contribution in [2.24, 2.45) is 12.8 Å². The number of aryl methyl sites for hydroxylation is 2. The molecule has 0 saturated heterocycles. The highest BCUT2D eigenvalue weighted by atomic mass is 79.9. The van der Waals surface area contributed by atoms with Gasteiger partial charge in [-0.3, -0.25) is 0 Å². The first-order chi connectivity index (χ1) is 9.06. The summed E-state index contributed by atoms with van der Waals surface area (Å²) >= 11 is 3.34. The van der Waals surface area contributed by atoms with E-state index >= 15 is 0 Å². The molecule has 2 heterocycles. The Morgan fingerprint density at radius 1 is 1.42 bits per heavy atom. The second kappa shape index (κ2) is 4.47. The third kappa shape index (κ3) is 2.06. The van der Waals surface area contributed by atoms with Crippen molar-refractivity contribution in [3.63, 3.8) is 0 Å². The van der Waals surface area contributed by atoms with Crippen molar-refractivity contribution in [2.45, 2.75) is 13.0 Å². The summed E-state index contributed by atoms with van der Waals surface area (Å²) in [4.78, 5) is 11.9. The van der Waals surface area contributed by atoms with E-state index in [9.17, 15) is 0 Å². The van der Waals surface area contributed by atoms with E-state index in [2.05, 4.69) is 35.4 Å². The van der Waals surface area contributed by atoms with Gasteiger partial charge in [0.15, 0.2) is 0 Å². The van der Waals surface area contributed by atoms with Gasteiger partial charge in [0.05, 0.1) is 23.3 Å². The fourth-order valence-electron chi connectivity index (χ4n) is 2.16. The molecule has 1 unspecified atom stereocenters. The summed E-state index contributed by atoms with van der Waals surface area (Å²) in [6, 6.07) is 5.80. The average molecular weight is 320 g/mol. The second-order valence-electron chi connectivity index (χ2n) is 4.56. The molecule has 1 aromatic carbocycles. The lowest BCUT2D eigenvalue weighted by molar-refractivity contribution is 0.800. The number of aromatic nitrogens is 4. The normalized spacial score (nSPS) is 13.1. The number of H-pyrrole nitrogens is 1. The molecule has 5 nitrogen and oxygen atoms in total. The molecule has 2 aromatic heterocycles. The number of nitrogens with two attached hydrogens (primary N) is 1. The predicted molar refractivity (Wildman–Crippen MR) is 77.8 cm³/mol. The smallest absolute Gasteiger partial charge is 0.128 e. The highest BCUT2D eigenvalue weighted by Gasteiger charge is 2.14. The molecule has 3 rings (SSSR count). The summed E-state index contributed by atoms with van der Waals surface area (Å²) < 4.78 is 2.89. The van der Waals surface area contributed by atoms with Gasteiger partial charge in [-0.1, -0.05) is 6.07 Å². The van der Waals surface area contributed by atoms with Crippen LogP contribution in [0.2, 0.25) is 0 Å². The number of hydrogen-bond donors (Lipinski definition) is 2. The van der Waals surface area contributed by atoms with Gasteiger partial charge in [0, 0.05) is 7.05 Å². The highest BCUT2D eigenvalue weighted by Crippen LogP contribution is 2.23. The molecule has 0 amide bonds. The molecule has 1 atom stereocenters. The van der Waals surface area contributed by atoms with Crippen molar-refractivity contribution in [2.75, 3.05) is 0 Å². The predicted octanol–water partition coefficient (Wildman–Crippen LogP) is 2.42. The maximum Gasteiger partial charge on any atom is 0.128 e. The van der Waals surface area contributed by atoms with Crippen LogP contribution in [0.5, 0.6) is 0 Å². The Balaban J connectivity index is 2.05. The van der Waals surface area contributed by atoms with Crippen LogP contribution in [0.15, 0.2) is 29.0 Å². The van der Waals surface area contributed by atoms with Gasteiger partial charge in [-0.05, 0) is 40.5 Å². The molecule has 19 heavy (non-hydrogen) atoms. The Morgan fingerprint density at radius 2 is 2.21 bits per heavy atom. The summed E-state index contributed by atoms with van der Waals surface area (Å²) in [6.45, 7) is 1.99. The molecule has 0 fully saturated rings. The van der Waals surface area contributed by atoms with E-state index in [1.807, 2.05) is 32.2 Å². The number of benzene rings is 1. The molecule has 3 N–H and O–H groups in total. The number of imidazole rings is 2. The van der Waals surface area contributed by atoms with Crippen molar-refractivity contribution in [1.29, 1.82) is 0 Å². The van der Waals surface area contributed by atoms with Gasteiger partial charge in [0.25, 0.3) is 0 Å². The minimum atomic E-state index is -0.280. The van der Waals surface area contributed by atoms with E-state index in [4.69, 9.17) is 5.73 Å². The minimum absolute atomic E-state index is 0.280. The van der Waals surface area contributed by atoms with Crippen molar-refractivity contribution >= 4 is 27.0 Å². The first-order valence-corrected chi connectivity index (χ1v) is 6.74. The average Bonchev–Trinajstić information content (AvgIpc) is 2.94. The van der Waals surface area contributed by atoms with Crippen LogP contribution in [0, 0.1) is 6.92 Å². The van der Waals surface area contributed by atoms with Crippen molar-refractivity contribution in [3.8, 4) is 0 Å². The maximum absolute atomic E-state index is 6.22. The molecule has 0 aliphatic rings. The zero-order valence-corrected chi connectivity index (χ0v) is 12.3. The Labute approximate surface area is 119 Å². The Morgan fingerprint density at radius 3 is 2.89 bits per heavy atom. The third-order valence-electron chi connectivity index (χ3n) is 3.35. The summed E-state index contributed by atoms with van der Waals surface area (Å²) in [7, 11) is 2.01. The maximum atomic E-state index is 6.22. The number of halogens is 1. The van der Waals surface area contributed by atoms with Gasteiger partial charge in [-0.25, -0.2) is 9.97 Å². The molecule has 98 valence electrons. The van der Waals surface area contributed by atoms with E-state index in [0.29, 0.717) is 0 Å². The lowest BCUT2D eigenvalue weighted by atomic mass is 10.1. The Hall–Kier alpha value is -1.66. The van der Waals surface area contributed by atoms with E-state index in [1.54, 1.807) is 6.20 Å². The van der Waals surface area contributed by atoms with Gasteiger partial charge in [0.2, 0.25) is 0 Å². The van der Waals surface area contributed by atoms with Crippen LogP contribution >= 0.6 is 15.9 Å². The summed E-state index contributed by atoms with van der Waals surface area (Å²) in [5, 5.41) is 0. The van der Waals surface area contributed by atoms with Crippen LogP contribution in [0.25, 0.3) is 11.0 Å². The van der Waals surface area contributed by atoms with E-state index < -0.39 is 0 Å². The van der Waals surface area contributed by atoms with Gasteiger partial charge in [-0.2, -0.15) is 0 Å². The molecule has 0 aliphatic carbocycles. The van der Waals surface area contributed by atoms with Gasteiger partial charge in [-0.15, -0.1) is 0 Å². The third-order valence-corrected chi connectivity index (χ3v) is 3.75. The molecule has 0 spiro atoms. The van der Waals surface area contributed by atoms with Crippen LogP contribution in [0.4, 0.5) is 0 Å². The van der Waals surface area contributed by atoms with Crippen molar-refractivity contribution < 1.29 is 0 Å². The van der Waals surface area contributed by atoms with Gasteiger partial charge in [0.1, 0.15) is 16.3 Å². The summed E-state index contributed by atoms with van der Waals surface area (Å²) in [5.74, 6) is 1.72. The number of nitrogens with one attached hydrogen (secondary N) is 1. The highest BCUT2D eigenvalue weighted by molar-refractivity contribution is 9.10. The molecule has 0 saturated carbocycles. The molecule has 0 aliphatic heterocycles. The zero-order valence-electron chi connectivity index (χ0n) is 10.7. The number of aromatic amines is 1. The molecule has 0 radical (unpaired) electrons. The quantitative estimate of drug-likeness (QED) is 0.762. The minimum Gasteiger partial charge on any atom is -0.335 e. The number of fused-ring (bicyclic) bond motifs is 1. The molecule has 0 bridgehead atoms. The fourth-order valence-corrected chi connectivity index (χ4v) is 2.47. The summed E-state index contributed by atoms with van der Waals surface area (Å²) in [6.07, 6.45) is 1.71. The monoisotopic (exact) mass is 319 g/mol. The molecular formula is C13H14BrN5. The first-order valence-electron chi connectivity index (χ1n) is 5.95. The Bertz CT molecular complexity index is 743. The fraction of sp³-hybridized carbons (Fsp3) is 0.231. The number of hydrogen-bond acceptors (Lipinski definition) is 3. The van der Waals surface area contributed by atoms with E-state index in [-0.39, 0.29) is 6.04 Å². The van der Waals surface area contributed by atoms with Crippen LogP contribution in [0.1, 0.15) is 23.3 Å². The lowest BCUT2D eigenvalue weighted by Crippen LogP contribution is -2.13. The topological polar surface area (TPSA) is 72.5 Å². The van der Waals surface area contributed by atoms with Gasteiger partial charge < -0.3 is 15.3 Å². The van der Waals surface area contributed by atoms with Crippen molar-refractivity contribution in [1.82, 2.24) is 19.5 Å². The largest absolute Gasteiger partial charge is 0.335 e. The van der Waals surface area contributed by atoms with Crippen LogP contribution < -0.4 is 5.73 Å². The van der Waals surface area contributed by atoms with Crippen molar-refractivity contribution in [3.05, 3.63) is 46.2 Å². The SMILES string of the molecule is Cc1nc2cc(C(N)c3ncc(Br)[nH]3)ccc2n1C. The van der Waals surface area contributed by atoms with Crippen LogP contribution in [0.3, 0.4) is 0 Å². The molecule has 3 aromatic rings. The van der Waals surface area contributed by atoms with Gasteiger partial charge >= 0.3 is 0 Å². The first kappa shape index (κ1) is 12.4. The standard InChI is InChI=1S/C13H14BrN5/c1-7-17-9-5-8(3-4-10(9)19(7)2)12(15)13-16-6-11(14)18-13/h3-6,12H,15H2,1-2H3,(H,16,18). The zero-order chi connectivity index (χ0) is 13.6. The second-order valence-corrected chi connectivity index (χ2v) is 5.41. The van der Waals surface area contributed by atoms with Crippen LogP contribution in [-0.2, 0) is 7.05 Å². The number of nitrogens with zero attached hydrogens (tertiary/aromatic N) is 3. The number of rotatable bonds is 2. The molecule has 6 heteroatoms. The van der Waals surface area contributed by atoms with E-state index in [1.165, 1.54) is 0 Å². The Kier molecular flexibility index (Phi) is 2.91. The molecular weight excluding hydrogens is 306 g/mol. The van der Waals surface area contributed by atoms with E-state index in [0.717, 1.165) is 32.8 Å². The van der Waals surface area contributed by atoms with Crippen LogP contribution in [-0.4, -0.2) is 19.5 Å².